The van der Waals surface area contributed by atoms with Gasteiger partial charge in [0.25, 0.3) is 5.91 Å². The van der Waals surface area contributed by atoms with Gasteiger partial charge in [0, 0.05) is 26.5 Å². The van der Waals surface area contributed by atoms with E-state index in [1.54, 1.807) is 30.3 Å². The molecular formula is C25H15Br2F8NO2. The van der Waals surface area contributed by atoms with Crippen LogP contribution in [0.5, 0.6) is 0 Å². The summed E-state index contributed by atoms with van der Waals surface area (Å²) in [6.45, 7) is 0. The number of aryl methyl sites for hydroxylation is 1. The monoisotopic (exact) mass is 671 g/mol. The molecule has 0 atom stereocenters. The minimum atomic E-state index is -6.33. The molecule has 0 aliphatic heterocycles. The van der Waals surface area contributed by atoms with Crippen molar-refractivity contribution >= 4 is 49.2 Å². The lowest BCUT2D eigenvalue weighted by atomic mass is 9.94. The van der Waals surface area contributed by atoms with Crippen LogP contribution in [0.4, 0.5) is 40.8 Å². The van der Waals surface area contributed by atoms with Crippen LogP contribution in [0.1, 0.15) is 38.3 Å². The van der Waals surface area contributed by atoms with Gasteiger partial charge in [-0.3, -0.25) is 9.59 Å². The summed E-state index contributed by atoms with van der Waals surface area (Å²) in [6, 6.07) is 12.5. The smallest absolute Gasteiger partial charge is 0.320 e. The Labute approximate surface area is 227 Å². The third kappa shape index (κ3) is 5.93. The Balaban J connectivity index is 1.86. The molecule has 202 valence electrons. The third-order valence-electron chi connectivity index (χ3n) is 5.50. The van der Waals surface area contributed by atoms with Gasteiger partial charge in [-0.1, -0.05) is 42.5 Å². The van der Waals surface area contributed by atoms with Gasteiger partial charge in [-0.05, 0) is 62.0 Å². The fourth-order valence-corrected chi connectivity index (χ4v) is 4.91. The number of ketones is 1. The topological polar surface area (TPSA) is 46.2 Å². The number of halogens is 10. The number of amides is 1. The van der Waals surface area contributed by atoms with Crippen molar-refractivity contribution < 1.29 is 44.7 Å². The molecule has 3 nitrogen and oxygen atoms in total. The largest absolute Gasteiger partial charge is 0.435 e. The summed E-state index contributed by atoms with van der Waals surface area (Å²) in [4.78, 5) is 25.1. The maximum Gasteiger partial charge on any atom is 0.435 e. The summed E-state index contributed by atoms with van der Waals surface area (Å²) in [6.07, 6.45) is -12.8. The van der Waals surface area contributed by atoms with Gasteiger partial charge in [-0.25, -0.2) is 8.78 Å². The van der Waals surface area contributed by atoms with E-state index in [0.717, 1.165) is 6.07 Å². The molecule has 3 aromatic rings. The zero-order valence-electron chi connectivity index (χ0n) is 18.8. The van der Waals surface area contributed by atoms with Gasteiger partial charge < -0.3 is 5.32 Å². The molecule has 0 aromatic heterocycles. The number of benzene rings is 3. The highest BCUT2D eigenvalue weighted by molar-refractivity contribution is 9.11. The fourth-order valence-electron chi connectivity index (χ4n) is 3.53. The summed E-state index contributed by atoms with van der Waals surface area (Å²) in [5, 5.41) is 2.19. The van der Waals surface area contributed by atoms with E-state index < -0.39 is 49.8 Å². The SMILES string of the molecule is O=C(CCc1cccc(C(=O)Nc2c(Br)cc(C(F)(C(F)(F)F)C(F)(F)F)cc2Br)c1F)c1ccccc1. The summed E-state index contributed by atoms with van der Waals surface area (Å²) < 4.78 is 107. The molecule has 3 rings (SSSR count). The van der Waals surface area contributed by atoms with E-state index in [2.05, 4.69) is 37.2 Å². The highest BCUT2D eigenvalue weighted by atomic mass is 79.9. The molecule has 0 fully saturated rings. The number of anilines is 1. The van der Waals surface area contributed by atoms with Gasteiger partial charge in [0.05, 0.1) is 11.3 Å². The summed E-state index contributed by atoms with van der Waals surface area (Å²) in [5.41, 5.74) is -7.88. The van der Waals surface area contributed by atoms with Crippen molar-refractivity contribution in [2.75, 3.05) is 5.32 Å². The Morgan fingerprint density at radius 3 is 1.87 bits per heavy atom. The third-order valence-corrected chi connectivity index (χ3v) is 6.75. The lowest BCUT2D eigenvalue weighted by molar-refractivity contribution is -0.348. The molecule has 0 radical (unpaired) electrons. The Morgan fingerprint density at radius 1 is 0.789 bits per heavy atom. The predicted octanol–water partition coefficient (Wildman–Crippen LogP) is 8.71. The summed E-state index contributed by atoms with van der Waals surface area (Å²) >= 11 is 5.49. The van der Waals surface area contributed by atoms with Crippen LogP contribution in [0, 0.1) is 5.82 Å². The molecule has 3 aromatic carbocycles. The standard InChI is InChI=1S/C25H15Br2F8NO2/c26-17-11-15(23(29,24(30,31)32)25(33,34)35)12-18(27)21(17)36-22(38)16-8-4-7-14(20(16)28)9-10-19(37)13-5-2-1-3-6-13/h1-8,11-12H,9-10H2,(H,36,38). The second-order valence-electron chi connectivity index (χ2n) is 7.99. The van der Waals surface area contributed by atoms with E-state index >= 15 is 4.39 Å². The molecule has 0 aliphatic carbocycles. The molecule has 0 saturated heterocycles. The first-order valence-corrected chi connectivity index (χ1v) is 12.2. The maximum atomic E-state index is 15.1. The molecule has 1 amide bonds. The van der Waals surface area contributed by atoms with Crippen LogP contribution in [0.3, 0.4) is 0 Å². The average molecular weight is 673 g/mol. The number of hydrogen-bond acceptors (Lipinski definition) is 2. The first kappa shape index (κ1) is 29.8. The molecular weight excluding hydrogens is 658 g/mol. The molecule has 0 aliphatic rings. The van der Waals surface area contributed by atoms with Crippen molar-refractivity contribution in [1.82, 2.24) is 0 Å². The van der Waals surface area contributed by atoms with Crippen molar-refractivity contribution in [3.05, 3.63) is 97.7 Å². The van der Waals surface area contributed by atoms with Crippen LogP contribution in [0.25, 0.3) is 0 Å². The van der Waals surface area contributed by atoms with E-state index in [9.17, 15) is 40.3 Å². The van der Waals surface area contributed by atoms with Gasteiger partial charge >= 0.3 is 18.0 Å². The summed E-state index contributed by atoms with van der Waals surface area (Å²) in [5.74, 6) is -2.31. The van der Waals surface area contributed by atoms with Crippen molar-refractivity contribution in [2.24, 2.45) is 0 Å². The maximum absolute atomic E-state index is 15.1. The molecule has 0 heterocycles. The van der Waals surface area contributed by atoms with Crippen molar-refractivity contribution in [1.29, 1.82) is 0 Å². The summed E-state index contributed by atoms with van der Waals surface area (Å²) in [7, 11) is 0. The molecule has 13 heteroatoms. The second-order valence-corrected chi connectivity index (χ2v) is 9.70. The predicted molar refractivity (Wildman–Crippen MR) is 130 cm³/mol. The number of nitrogens with one attached hydrogen (secondary N) is 1. The number of carbonyl (C=O) groups is 2. The normalized spacial score (nSPS) is 12.4. The number of rotatable bonds is 7. The van der Waals surface area contributed by atoms with Crippen molar-refractivity contribution in [3.8, 4) is 0 Å². The van der Waals surface area contributed by atoms with Crippen molar-refractivity contribution in [2.45, 2.75) is 30.9 Å². The Hall–Kier alpha value is -2.80. The van der Waals surface area contributed by atoms with Gasteiger partial charge in [0.15, 0.2) is 5.78 Å². The number of Topliss-reactive ketones (excluding diaryl/α,β-unsaturated/α-hetero) is 1. The molecule has 0 spiro atoms. The van der Waals surface area contributed by atoms with Crippen LogP contribution < -0.4 is 5.32 Å². The van der Waals surface area contributed by atoms with E-state index in [0.29, 0.717) is 5.56 Å². The van der Waals surface area contributed by atoms with Crippen LogP contribution in [0.2, 0.25) is 0 Å². The second kappa shape index (κ2) is 11.1. The van der Waals surface area contributed by atoms with Crippen molar-refractivity contribution in [3.63, 3.8) is 0 Å². The zero-order chi connectivity index (χ0) is 28.5. The minimum Gasteiger partial charge on any atom is -0.320 e. The fraction of sp³-hybridized carbons (Fsp3) is 0.200. The van der Waals surface area contributed by atoms with Gasteiger partial charge in [0.2, 0.25) is 0 Å². The quantitative estimate of drug-likeness (QED) is 0.202. The van der Waals surface area contributed by atoms with Gasteiger partial charge in [-0.2, -0.15) is 26.3 Å². The first-order valence-electron chi connectivity index (χ1n) is 10.6. The van der Waals surface area contributed by atoms with Crippen LogP contribution in [0.15, 0.2) is 69.6 Å². The van der Waals surface area contributed by atoms with E-state index in [1.165, 1.54) is 12.1 Å². The number of alkyl halides is 7. The number of carbonyl (C=O) groups excluding carboxylic acids is 2. The van der Waals surface area contributed by atoms with Crippen LogP contribution in [-0.2, 0) is 12.1 Å². The van der Waals surface area contributed by atoms with Gasteiger partial charge in [-0.15, -0.1) is 0 Å². The zero-order valence-corrected chi connectivity index (χ0v) is 22.0. The van der Waals surface area contributed by atoms with E-state index in [-0.39, 0.29) is 42.0 Å². The van der Waals surface area contributed by atoms with Crippen LogP contribution in [-0.4, -0.2) is 24.0 Å². The molecule has 1 N–H and O–H groups in total. The minimum absolute atomic E-state index is 0.0352. The molecule has 0 unspecified atom stereocenters. The molecule has 38 heavy (non-hydrogen) atoms. The Bertz CT molecular complexity index is 1320. The lowest BCUT2D eigenvalue weighted by Crippen LogP contribution is -2.50. The first-order chi connectivity index (χ1) is 17.6. The highest BCUT2D eigenvalue weighted by Crippen LogP contribution is 2.54. The highest BCUT2D eigenvalue weighted by Gasteiger charge is 2.73. The van der Waals surface area contributed by atoms with Gasteiger partial charge in [0.1, 0.15) is 5.82 Å². The van der Waals surface area contributed by atoms with E-state index in [1.807, 2.05) is 0 Å². The number of hydrogen-bond donors (Lipinski definition) is 1. The molecule has 0 bridgehead atoms. The molecule has 0 saturated carbocycles. The van der Waals surface area contributed by atoms with Crippen LogP contribution >= 0.6 is 31.9 Å². The van der Waals surface area contributed by atoms with E-state index in [4.69, 9.17) is 0 Å². The Morgan fingerprint density at radius 2 is 1.34 bits per heavy atom. The Kier molecular flexibility index (Phi) is 8.71. The average Bonchev–Trinajstić information content (AvgIpc) is 2.83. The lowest BCUT2D eigenvalue weighted by Gasteiger charge is -2.31.